The molecule has 0 aromatic carbocycles. The first-order valence-corrected chi connectivity index (χ1v) is 13.6. The number of carbonyl (C=O) groups is 1. The number of amides is 1. The van der Waals surface area contributed by atoms with E-state index in [0.29, 0.717) is 26.2 Å². The Hall–Kier alpha value is 1.69. The number of hydrogen-bond acceptors (Lipinski definition) is 6. The molecule has 0 aromatic heterocycles. The minimum absolute atomic E-state index is 0. The maximum Gasteiger partial charge on any atom is 1.00 e. The zero-order valence-corrected chi connectivity index (χ0v) is 27.4. The van der Waals surface area contributed by atoms with E-state index in [-0.39, 0.29) is 68.5 Å². The van der Waals surface area contributed by atoms with Crippen molar-refractivity contribution in [2.45, 2.75) is 98.9 Å². The van der Waals surface area contributed by atoms with Crippen LogP contribution in [0.2, 0.25) is 0 Å². The zero-order valence-electron chi connectivity index (χ0n) is 22.6. The minimum Gasteiger partial charge on any atom is -0.407 e. The third kappa shape index (κ3) is 27.8. The van der Waals surface area contributed by atoms with Crippen molar-refractivity contribution in [3.8, 4) is 0 Å². The maximum absolute atomic E-state index is 12.0. The molecule has 0 rings (SSSR count). The summed E-state index contributed by atoms with van der Waals surface area (Å²) in [7, 11) is 5.13. The summed E-state index contributed by atoms with van der Waals surface area (Å²) in [6.45, 7) is 25.4. The van der Waals surface area contributed by atoms with E-state index >= 15 is 0 Å². The molecule has 0 heterocycles. The van der Waals surface area contributed by atoms with E-state index in [1.807, 2.05) is 69.2 Å². The normalized spacial score (nSPS) is 11.4. The second-order valence-electron chi connectivity index (χ2n) is 8.04. The monoisotopic (exact) mass is 507 g/mol. The molecule has 0 bridgehead atoms. The SMILES string of the molecule is CC.CC.[CH2-]COC(C)(C)CSSCCC(=O)NCC(C)(C)OCCC(C)(C)OC.[K+]. The zero-order chi connectivity index (χ0) is 24.3. The number of hydrogen-bond donors (Lipinski definition) is 1. The van der Waals surface area contributed by atoms with Gasteiger partial charge in [0.1, 0.15) is 0 Å². The van der Waals surface area contributed by atoms with E-state index < -0.39 is 5.60 Å². The van der Waals surface area contributed by atoms with Crippen molar-refractivity contribution in [2.75, 3.05) is 38.4 Å². The number of rotatable bonds is 15. The summed E-state index contributed by atoms with van der Waals surface area (Å²) < 4.78 is 16.8. The molecule has 0 fully saturated rings. The average Bonchev–Trinajstić information content (AvgIpc) is 2.69. The largest absolute Gasteiger partial charge is 1.00 e. The van der Waals surface area contributed by atoms with E-state index in [4.69, 9.17) is 14.2 Å². The van der Waals surface area contributed by atoms with Gasteiger partial charge in [-0.3, -0.25) is 4.79 Å². The van der Waals surface area contributed by atoms with Crippen molar-refractivity contribution in [1.29, 1.82) is 0 Å². The Morgan fingerprint density at radius 2 is 1.45 bits per heavy atom. The molecule has 0 spiro atoms. The predicted octanol–water partition coefficient (Wildman–Crippen LogP) is 3.17. The predicted molar refractivity (Wildman–Crippen MR) is 136 cm³/mol. The molecule has 0 aliphatic rings. The van der Waals surface area contributed by atoms with Crippen LogP contribution < -0.4 is 56.7 Å². The van der Waals surface area contributed by atoms with Crippen molar-refractivity contribution in [3.05, 3.63) is 6.92 Å². The first kappa shape index (κ1) is 39.9. The van der Waals surface area contributed by atoms with Gasteiger partial charge < -0.3 is 26.5 Å². The van der Waals surface area contributed by atoms with Crippen molar-refractivity contribution >= 4 is 27.5 Å². The van der Waals surface area contributed by atoms with Gasteiger partial charge in [-0.1, -0.05) is 55.9 Å². The van der Waals surface area contributed by atoms with Crippen molar-refractivity contribution in [1.82, 2.24) is 5.32 Å². The number of nitrogens with one attached hydrogen (secondary N) is 1. The number of methoxy groups -OCH3 is 1. The topological polar surface area (TPSA) is 56.8 Å². The van der Waals surface area contributed by atoms with E-state index in [9.17, 15) is 4.79 Å². The molecule has 0 aromatic rings. The van der Waals surface area contributed by atoms with Gasteiger partial charge in [-0.05, 0) is 48.0 Å². The van der Waals surface area contributed by atoms with E-state index in [1.165, 1.54) is 0 Å². The second kappa shape index (κ2) is 23.4. The van der Waals surface area contributed by atoms with Gasteiger partial charge in [0.2, 0.25) is 5.91 Å². The third-order valence-electron chi connectivity index (χ3n) is 3.86. The Morgan fingerprint density at radius 1 is 0.903 bits per heavy atom. The fourth-order valence-corrected chi connectivity index (χ4v) is 4.36. The molecule has 5 nitrogen and oxygen atoms in total. The molecule has 0 aliphatic carbocycles. The van der Waals surface area contributed by atoms with Gasteiger partial charge in [0.15, 0.2) is 0 Å². The summed E-state index contributed by atoms with van der Waals surface area (Å²) in [6.07, 6.45) is 1.31. The molecule has 0 unspecified atom stereocenters. The third-order valence-corrected chi connectivity index (χ3v) is 6.56. The summed E-state index contributed by atoms with van der Waals surface area (Å²) in [5.74, 6) is 1.70. The summed E-state index contributed by atoms with van der Waals surface area (Å²) in [5.41, 5.74) is -0.765. The van der Waals surface area contributed by atoms with Crippen LogP contribution in [0.25, 0.3) is 0 Å². The average molecular weight is 508 g/mol. The van der Waals surface area contributed by atoms with Crippen LogP contribution in [0.4, 0.5) is 0 Å². The fourth-order valence-electron chi connectivity index (χ4n) is 1.82. The first-order valence-electron chi connectivity index (χ1n) is 11.1. The smallest absolute Gasteiger partial charge is 0.407 e. The number of carbonyl (C=O) groups excluding carboxylic acids is 1. The summed E-state index contributed by atoms with van der Waals surface area (Å²) in [5, 5.41) is 2.96. The van der Waals surface area contributed by atoms with Gasteiger partial charge in [-0.2, -0.15) is 0 Å². The van der Waals surface area contributed by atoms with Crippen LogP contribution in [-0.2, 0) is 19.0 Å². The molecule has 0 saturated heterocycles. The van der Waals surface area contributed by atoms with Crippen LogP contribution in [0.15, 0.2) is 0 Å². The van der Waals surface area contributed by atoms with Gasteiger partial charge >= 0.3 is 51.4 Å². The standard InChI is InChI=1S/C19H38NO4S2.2C2H6.K/c1-9-23-19(6,7)15-26-25-13-10-16(21)20-14-18(4,5)24-12-11-17(2,3)22-8;2*1-2;/h1,9-15H2,2-8H3,(H,20,21);2*1-2H3;/q-1;;;+1. The Kier molecular flexibility index (Phi) is 30.1. The Balaban J connectivity index is -0.000000684. The van der Waals surface area contributed by atoms with Gasteiger partial charge in [0.25, 0.3) is 0 Å². The van der Waals surface area contributed by atoms with Gasteiger partial charge in [-0.25, -0.2) is 0 Å². The van der Waals surface area contributed by atoms with E-state index in [2.05, 4.69) is 12.2 Å². The first-order chi connectivity index (χ1) is 13.9. The van der Waals surface area contributed by atoms with Crippen molar-refractivity contribution in [3.63, 3.8) is 0 Å². The molecular weight excluding hydrogens is 457 g/mol. The quantitative estimate of drug-likeness (QED) is 0.159. The van der Waals surface area contributed by atoms with Crippen molar-refractivity contribution < 1.29 is 70.4 Å². The molecule has 31 heavy (non-hydrogen) atoms. The van der Waals surface area contributed by atoms with Crippen LogP contribution >= 0.6 is 21.6 Å². The van der Waals surface area contributed by atoms with Crippen LogP contribution in [-0.4, -0.2) is 61.1 Å². The molecule has 0 saturated carbocycles. The number of ether oxygens (including phenoxy) is 3. The summed E-state index contributed by atoms with van der Waals surface area (Å²) in [6, 6.07) is 0. The molecule has 0 atom stereocenters. The second-order valence-corrected chi connectivity index (χ2v) is 10.6. The van der Waals surface area contributed by atoms with Crippen LogP contribution in [0.1, 0.15) is 82.1 Å². The molecule has 0 aliphatic heterocycles. The van der Waals surface area contributed by atoms with E-state index in [0.717, 1.165) is 17.9 Å². The summed E-state index contributed by atoms with van der Waals surface area (Å²) >= 11 is 0. The van der Waals surface area contributed by atoms with Gasteiger partial charge in [0.05, 0.1) is 23.4 Å². The minimum atomic E-state index is -0.392. The molecule has 8 heteroatoms. The molecular formula is C23H50KNO4S2. The van der Waals surface area contributed by atoms with Gasteiger partial charge in [0, 0.05) is 31.6 Å². The molecule has 0 radical (unpaired) electrons. The van der Waals surface area contributed by atoms with E-state index in [1.54, 1.807) is 28.7 Å². The molecule has 1 N–H and O–H groups in total. The molecule has 1 amide bonds. The Morgan fingerprint density at radius 3 is 1.94 bits per heavy atom. The molecule has 184 valence electrons. The maximum atomic E-state index is 12.0. The van der Waals surface area contributed by atoms with Crippen molar-refractivity contribution in [2.24, 2.45) is 0 Å². The van der Waals surface area contributed by atoms with Gasteiger partial charge in [-0.15, -0.1) is 0 Å². The van der Waals surface area contributed by atoms with Crippen LogP contribution in [0.3, 0.4) is 0 Å². The Labute approximate surface area is 244 Å². The van der Waals surface area contributed by atoms with Crippen LogP contribution in [0.5, 0.6) is 0 Å². The Bertz CT molecular complexity index is 409. The van der Waals surface area contributed by atoms with Crippen LogP contribution in [0, 0.1) is 6.92 Å². The fraction of sp³-hybridized carbons (Fsp3) is 0.913. The summed E-state index contributed by atoms with van der Waals surface area (Å²) in [4.78, 5) is 12.0.